The summed E-state index contributed by atoms with van der Waals surface area (Å²) >= 11 is 0. The van der Waals surface area contributed by atoms with Crippen molar-refractivity contribution in [3.05, 3.63) is 23.3 Å². The Morgan fingerprint density at radius 3 is 2.48 bits per heavy atom. The number of rotatable bonds is 8. The molecule has 31 heavy (non-hydrogen) atoms. The van der Waals surface area contributed by atoms with Crippen LogP contribution in [0.2, 0.25) is 0 Å². The Labute approximate surface area is 188 Å². The van der Waals surface area contributed by atoms with Gasteiger partial charge in [0.05, 0.1) is 12.2 Å². The second kappa shape index (κ2) is 9.26. The second-order valence-electron chi connectivity index (χ2n) is 10.8. The molecule has 3 fully saturated rings. The van der Waals surface area contributed by atoms with E-state index in [2.05, 4.69) is 32.9 Å². The van der Waals surface area contributed by atoms with Gasteiger partial charge in [-0.25, -0.2) is 0 Å². The van der Waals surface area contributed by atoms with Gasteiger partial charge in [0.2, 0.25) is 0 Å². The highest BCUT2D eigenvalue weighted by molar-refractivity contribution is 5.40. The van der Waals surface area contributed by atoms with Gasteiger partial charge in [-0.15, -0.1) is 0 Å². The molecule has 0 aromatic heterocycles. The molecule has 0 spiro atoms. The first-order valence-corrected chi connectivity index (χ1v) is 12.1. The smallest absolute Gasteiger partial charge is 0.146 e. The van der Waals surface area contributed by atoms with Crippen LogP contribution in [0.5, 0.6) is 0 Å². The maximum Gasteiger partial charge on any atom is 0.146 e. The summed E-state index contributed by atoms with van der Waals surface area (Å²) in [5, 5.41) is 9.86. The number of allylic oxidation sites excluding steroid dienone is 3. The van der Waals surface area contributed by atoms with Crippen LogP contribution in [0.4, 0.5) is 0 Å². The van der Waals surface area contributed by atoms with Crippen molar-refractivity contribution >= 4 is 0 Å². The van der Waals surface area contributed by atoms with Gasteiger partial charge in [0.1, 0.15) is 13.6 Å². The number of aliphatic hydroxyl groups is 1. The molecule has 1 unspecified atom stereocenters. The molecule has 0 aromatic rings. The molecular formula is C26H42O5. The van der Waals surface area contributed by atoms with E-state index in [-0.39, 0.29) is 17.6 Å². The summed E-state index contributed by atoms with van der Waals surface area (Å²) in [6, 6.07) is 0. The lowest BCUT2D eigenvalue weighted by Crippen LogP contribution is -2.53. The summed E-state index contributed by atoms with van der Waals surface area (Å²) in [5.74, 6) is 2.12. The van der Waals surface area contributed by atoms with Gasteiger partial charge in [-0.3, -0.25) is 0 Å². The molecule has 4 rings (SSSR count). The molecule has 176 valence electrons. The number of methoxy groups -OCH3 is 2. The highest BCUT2D eigenvalue weighted by Crippen LogP contribution is 2.66. The molecule has 8 atom stereocenters. The first kappa shape index (κ1) is 23.4. The van der Waals surface area contributed by atoms with Gasteiger partial charge in [-0.05, 0) is 61.2 Å². The zero-order chi connectivity index (χ0) is 22.2. The number of hydrogen-bond acceptors (Lipinski definition) is 5. The SMILES string of the molecule is COCO[C@@H]1CC2=CC=C3[C@@H]4CC[C@H](C(C)CO)[C@@]4(C)CC[C@@H]3[C@@]2(C)[C@@H](OCOC)C1. The fraction of sp³-hybridized carbons (Fsp3) is 0.846. The van der Waals surface area contributed by atoms with Crippen LogP contribution < -0.4 is 0 Å². The average molecular weight is 435 g/mol. The monoisotopic (exact) mass is 434 g/mol. The molecule has 4 aliphatic carbocycles. The number of hydrogen-bond donors (Lipinski definition) is 1. The quantitative estimate of drug-likeness (QED) is 0.561. The van der Waals surface area contributed by atoms with Gasteiger partial charge >= 0.3 is 0 Å². The molecule has 0 aromatic carbocycles. The standard InChI is InChI=1S/C26H42O5/c1-17(14-27)21-8-9-22-20-7-6-18-12-19(30-15-28-4)13-24(31-16-29-5)26(18,3)23(20)10-11-25(21,22)2/h6-7,17,19,21-24,27H,8-16H2,1-5H3/t17?,19-,21-,22+,23+,24+,25-,26+/m1/s1. The third-order valence-electron chi connectivity index (χ3n) is 9.46. The topological polar surface area (TPSA) is 57.2 Å². The van der Waals surface area contributed by atoms with Crippen molar-refractivity contribution in [3.63, 3.8) is 0 Å². The Balaban J connectivity index is 1.65. The van der Waals surface area contributed by atoms with Gasteiger partial charge < -0.3 is 24.1 Å². The van der Waals surface area contributed by atoms with E-state index < -0.39 is 0 Å². The Hall–Kier alpha value is -0.720. The minimum atomic E-state index is -0.0163. The number of ether oxygens (including phenoxy) is 4. The van der Waals surface area contributed by atoms with Crippen molar-refractivity contribution in [1.29, 1.82) is 0 Å². The molecule has 0 amide bonds. The molecule has 0 saturated heterocycles. The lowest BCUT2D eigenvalue weighted by molar-refractivity contribution is -0.163. The van der Waals surface area contributed by atoms with Crippen LogP contribution >= 0.6 is 0 Å². The summed E-state index contributed by atoms with van der Waals surface area (Å²) in [6.07, 6.45) is 11.7. The Bertz CT molecular complexity index is 702. The van der Waals surface area contributed by atoms with Crippen LogP contribution in [0.15, 0.2) is 23.3 Å². The maximum atomic E-state index is 9.86. The number of aliphatic hydroxyl groups excluding tert-OH is 1. The Morgan fingerprint density at radius 1 is 1.03 bits per heavy atom. The fourth-order valence-electron chi connectivity index (χ4n) is 7.79. The third-order valence-corrected chi connectivity index (χ3v) is 9.46. The minimum Gasteiger partial charge on any atom is -0.396 e. The molecule has 3 saturated carbocycles. The second-order valence-corrected chi connectivity index (χ2v) is 10.8. The van der Waals surface area contributed by atoms with E-state index >= 15 is 0 Å². The predicted octanol–water partition coefficient (Wildman–Crippen LogP) is 4.70. The summed E-state index contributed by atoms with van der Waals surface area (Å²) in [6.45, 7) is 8.08. The van der Waals surface area contributed by atoms with Crippen molar-refractivity contribution in [3.8, 4) is 0 Å². The van der Waals surface area contributed by atoms with E-state index in [9.17, 15) is 5.11 Å². The normalized spacial score (nSPS) is 42.8. The van der Waals surface area contributed by atoms with Crippen LogP contribution in [-0.4, -0.2) is 51.7 Å². The highest BCUT2D eigenvalue weighted by atomic mass is 16.7. The van der Waals surface area contributed by atoms with Gasteiger partial charge in [-0.2, -0.15) is 0 Å². The molecule has 0 aliphatic heterocycles. The predicted molar refractivity (Wildman–Crippen MR) is 120 cm³/mol. The summed E-state index contributed by atoms with van der Waals surface area (Å²) in [7, 11) is 3.37. The van der Waals surface area contributed by atoms with Crippen LogP contribution in [0, 0.1) is 34.5 Å². The number of fused-ring (bicyclic) bond motifs is 5. The minimum absolute atomic E-state index is 0.0163. The highest BCUT2D eigenvalue weighted by Gasteiger charge is 2.59. The van der Waals surface area contributed by atoms with E-state index in [0.29, 0.717) is 49.3 Å². The van der Waals surface area contributed by atoms with E-state index in [4.69, 9.17) is 18.9 Å². The molecule has 1 N–H and O–H groups in total. The van der Waals surface area contributed by atoms with Gasteiger partial charge in [0.15, 0.2) is 0 Å². The van der Waals surface area contributed by atoms with Crippen LogP contribution in [0.1, 0.15) is 59.3 Å². The van der Waals surface area contributed by atoms with E-state index in [0.717, 1.165) is 12.8 Å². The zero-order valence-corrected chi connectivity index (χ0v) is 20.1. The molecular weight excluding hydrogens is 392 g/mol. The van der Waals surface area contributed by atoms with Crippen molar-refractivity contribution in [2.45, 2.75) is 71.5 Å². The zero-order valence-electron chi connectivity index (χ0n) is 20.1. The maximum absolute atomic E-state index is 9.86. The van der Waals surface area contributed by atoms with E-state index in [1.807, 2.05) is 0 Å². The Kier molecular flexibility index (Phi) is 7.00. The lowest BCUT2D eigenvalue weighted by Gasteiger charge is -2.57. The van der Waals surface area contributed by atoms with E-state index in [1.165, 1.54) is 31.3 Å². The largest absolute Gasteiger partial charge is 0.396 e. The first-order valence-electron chi connectivity index (χ1n) is 12.1. The molecule has 4 aliphatic rings. The Morgan fingerprint density at radius 2 is 1.77 bits per heavy atom. The lowest BCUT2D eigenvalue weighted by atomic mass is 9.49. The van der Waals surface area contributed by atoms with Crippen molar-refractivity contribution in [2.24, 2.45) is 34.5 Å². The van der Waals surface area contributed by atoms with E-state index in [1.54, 1.807) is 19.8 Å². The summed E-state index contributed by atoms with van der Waals surface area (Å²) < 4.78 is 22.8. The van der Waals surface area contributed by atoms with Gasteiger partial charge in [-0.1, -0.05) is 44.1 Å². The van der Waals surface area contributed by atoms with Crippen molar-refractivity contribution in [2.75, 3.05) is 34.4 Å². The van der Waals surface area contributed by atoms with Crippen molar-refractivity contribution < 1.29 is 24.1 Å². The van der Waals surface area contributed by atoms with Crippen LogP contribution in [-0.2, 0) is 18.9 Å². The third kappa shape index (κ3) is 3.85. The van der Waals surface area contributed by atoms with Gasteiger partial charge in [0, 0.05) is 32.7 Å². The van der Waals surface area contributed by atoms with Crippen molar-refractivity contribution in [1.82, 2.24) is 0 Å². The summed E-state index contributed by atoms with van der Waals surface area (Å²) in [5.41, 5.74) is 3.37. The van der Waals surface area contributed by atoms with Crippen LogP contribution in [0.25, 0.3) is 0 Å². The van der Waals surface area contributed by atoms with Gasteiger partial charge in [0.25, 0.3) is 0 Å². The molecule has 5 nitrogen and oxygen atoms in total. The summed E-state index contributed by atoms with van der Waals surface area (Å²) in [4.78, 5) is 0. The molecule has 0 heterocycles. The van der Waals surface area contributed by atoms with Crippen LogP contribution in [0.3, 0.4) is 0 Å². The average Bonchev–Trinajstić information content (AvgIpc) is 3.13. The molecule has 5 heteroatoms. The first-order chi connectivity index (χ1) is 14.9. The molecule has 0 radical (unpaired) electrons. The fourth-order valence-corrected chi connectivity index (χ4v) is 7.79. The molecule has 0 bridgehead atoms.